The van der Waals surface area contributed by atoms with E-state index in [2.05, 4.69) is 0 Å². The molecule has 2 heterocycles. The molecule has 0 spiro atoms. The number of rotatable bonds is 3. The topological polar surface area (TPSA) is 91.3 Å². The maximum absolute atomic E-state index is 13.2. The van der Waals surface area contributed by atoms with Gasteiger partial charge in [0.2, 0.25) is 0 Å². The summed E-state index contributed by atoms with van der Waals surface area (Å²) < 4.78 is 3.14. The lowest BCUT2D eigenvalue weighted by atomic mass is 10.2. The number of carbonyl (C=O) groups excluding carboxylic acids is 1. The van der Waals surface area contributed by atoms with Gasteiger partial charge in [-0.25, -0.2) is 9.58 Å². The lowest BCUT2D eigenvalue weighted by Gasteiger charge is -2.12. The van der Waals surface area contributed by atoms with E-state index >= 15 is 0 Å². The number of nitrogens with zero attached hydrogens (tertiary/aromatic N) is 3. The Balaban J connectivity index is 1.80. The molecule has 7 nitrogen and oxygen atoms in total. The van der Waals surface area contributed by atoms with Gasteiger partial charge in [-0.2, -0.15) is 0 Å². The quantitative estimate of drug-likeness (QED) is 0.653. The first-order valence-corrected chi connectivity index (χ1v) is 9.66. The largest absolute Gasteiger partial charge is 0.507 e. The highest BCUT2D eigenvalue weighted by atomic mass is 32.2. The summed E-state index contributed by atoms with van der Waals surface area (Å²) in [6.07, 6.45) is 1.53. The van der Waals surface area contributed by atoms with Crippen molar-refractivity contribution >= 4 is 34.6 Å². The molecular weight excluding hydrogens is 388 g/mol. The number of amides is 1. The molecule has 146 valence electrons. The third-order valence-electron chi connectivity index (χ3n) is 4.79. The zero-order chi connectivity index (χ0) is 20.7. The second-order valence-electron chi connectivity index (χ2n) is 6.53. The number of carbonyl (C=O) groups is 1. The summed E-state index contributed by atoms with van der Waals surface area (Å²) in [5.41, 5.74) is 1.49. The molecule has 0 aliphatic carbocycles. The van der Waals surface area contributed by atoms with E-state index in [1.807, 2.05) is 18.2 Å². The van der Waals surface area contributed by atoms with Crippen LogP contribution in [-0.2, 0) is 11.8 Å². The van der Waals surface area contributed by atoms with Gasteiger partial charge in [0, 0.05) is 12.6 Å². The van der Waals surface area contributed by atoms with E-state index in [9.17, 15) is 14.7 Å². The van der Waals surface area contributed by atoms with Gasteiger partial charge in [0.15, 0.2) is 5.17 Å². The van der Waals surface area contributed by atoms with Gasteiger partial charge in [-0.05, 0) is 43.0 Å². The fourth-order valence-electron chi connectivity index (χ4n) is 3.25. The zero-order valence-electron chi connectivity index (χ0n) is 15.8. The first kappa shape index (κ1) is 18.8. The number of anilines is 1. The molecule has 0 saturated carbocycles. The van der Waals surface area contributed by atoms with E-state index < -0.39 is 5.91 Å². The average molecular weight is 406 g/mol. The van der Waals surface area contributed by atoms with Crippen molar-refractivity contribution in [2.45, 2.75) is 6.92 Å². The summed E-state index contributed by atoms with van der Waals surface area (Å²) in [5, 5.41) is 18.2. The predicted molar refractivity (Wildman–Crippen MR) is 115 cm³/mol. The molecule has 4 rings (SSSR count). The fourth-order valence-corrected chi connectivity index (χ4v) is 4.09. The Morgan fingerprint density at radius 2 is 1.69 bits per heavy atom. The van der Waals surface area contributed by atoms with Crippen molar-refractivity contribution in [3.63, 3.8) is 0 Å². The number of benzene rings is 2. The van der Waals surface area contributed by atoms with Gasteiger partial charge in [0.25, 0.3) is 11.5 Å². The summed E-state index contributed by atoms with van der Waals surface area (Å²) in [7, 11) is 1.74. The highest BCUT2D eigenvalue weighted by Gasteiger charge is 2.38. The summed E-state index contributed by atoms with van der Waals surface area (Å²) in [6.45, 7) is 1.74. The van der Waals surface area contributed by atoms with Crippen LogP contribution in [0.15, 0.2) is 64.3 Å². The minimum atomic E-state index is -0.464. The molecule has 1 amide bonds. The Hall–Kier alpha value is -3.52. The fraction of sp³-hybridized carbons (Fsp3) is 0.0952. The number of amidine groups is 1. The second kappa shape index (κ2) is 7.14. The highest BCUT2D eigenvalue weighted by molar-refractivity contribution is 8.19. The maximum Gasteiger partial charge on any atom is 0.296 e. The first-order chi connectivity index (χ1) is 13.9. The number of phenols is 1. The Labute approximate surface area is 171 Å². The zero-order valence-corrected chi connectivity index (χ0v) is 16.6. The third kappa shape index (κ3) is 3.07. The molecule has 1 fully saturated rings. The predicted octanol–water partition coefficient (Wildman–Crippen LogP) is 3.25. The molecule has 8 heteroatoms. The van der Waals surface area contributed by atoms with Crippen LogP contribution >= 0.6 is 11.8 Å². The Kier molecular flexibility index (Phi) is 4.63. The molecule has 3 aromatic rings. The maximum atomic E-state index is 13.2. The average Bonchev–Trinajstić information content (AvgIpc) is 3.10. The molecule has 0 unspecified atom stereocenters. The van der Waals surface area contributed by atoms with Crippen LogP contribution in [0.5, 0.6) is 5.75 Å². The third-order valence-corrected chi connectivity index (χ3v) is 5.68. The SMILES string of the molecule is Cc1c(N2C(=N)S/C(=C\c3ccccc3O)C2=O)c(=O)n(-c2ccccc2)n1C. The molecule has 1 aromatic heterocycles. The Morgan fingerprint density at radius 1 is 1.03 bits per heavy atom. The van der Waals surface area contributed by atoms with Gasteiger partial charge in [0.1, 0.15) is 11.4 Å². The van der Waals surface area contributed by atoms with Gasteiger partial charge in [0.05, 0.1) is 16.3 Å². The molecule has 0 radical (unpaired) electrons. The molecule has 29 heavy (non-hydrogen) atoms. The van der Waals surface area contributed by atoms with E-state index in [1.54, 1.807) is 49.0 Å². The number of para-hydroxylation sites is 2. The van der Waals surface area contributed by atoms with Crippen LogP contribution in [0.25, 0.3) is 11.8 Å². The molecule has 0 bridgehead atoms. The van der Waals surface area contributed by atoms with Gasteiger partial charge in [-0.3, -0.25) is 19.7 Å². The van der Waals surface area contributed by atoms with Crippen molar-refractivity contribution in [2.24, 2.45) is 7.05 Å². The number of hydrogen-bond donors (Lipinski definition) is 2. The van der Waals surface area contributed by atoms with Gasteiger partial charge >= 0.3 is 0 Å². The number of aromatic nitrogens is 2. The lowest BCUT2D eigenvalue weighted by Crippen LogP contribution is -2.33. The van der Waals surface area contributed by atoms with Gasteiger partial charge < -0.3 is 5.11 Å². The van der Waals surface area contributed by atoms with Crippen LogP contribution < -0.4 is 10.5 Å². The summed E-state index contributed by atoms with van der Waals surface area (Å²) in [6, 6.07) is 15.8. The second-order valence-corrected chi connectivity index (χ2v) is 7.56. The summed E-state index contributed by atoms with van der Waals surface area (Å²) >= 11 is 0.961. The van der Waals surface area contributed by atoms with E-state index in [-0.39, 0.29) is 27.1 Å². The minimum absolute atomic E-state index is 0.0423. The van der Waals surface area contributed by atoms with Crippen LogP contribution in [0, 0.1) is 12.3 Å². The number of phenolic OH excluding ortho intramolecular Hbond substituents is 1. The van der Waals surface area contributed by atoms with Crippen LogP contribution in [0.3, 0.4) is 0 Å². The van der Waals surface area contributed by atoms with Gasteiger partial charge in [-0.1, -0.05) is 36.4 Å². The van der Waals surface area contributed by atoms with E-state index in [0.717, 1.165) is 16.7 Å². The highest BCUT2D eigenvalue weighted by Crippen LogP contribution is 2.36. The molecular formula is C21H18N4O3S. The first-order valence-electron chi connectivity index (χ1n) is 8.84. The Bertz CT molecular complexity index is 1220. The molecule has 1 aliphatic heterocycles. The molecule has 1 saturated heterocycles. The standard InChI is InChI=1S/C21H18N4O3S/c1-13-18(20(28)25(23(13)2)15-9-4-3-5-10-15)24-19(27)17(29-21(24)22)12-14-8-6-7-11-16(14)26/h3-12,22,26H,1-2H3/b17-12-,22-21?. The lowest BCUT2D eigenvalue weighted by molar-refractivity contribution is -0.113. The van der Waals surface area contributed by atoms with Crippen LogP contribution in [0.2, 0.25) is 0 Å². The number of aromatic hydroxyl groups is 1. The monoisotopic (exact) mass is 406 g/mol. The van der Waals surface area contributed by atoms with Crippen molar-refractivity contribution in [3.05, 3.63) is 81.1 Å². The van der Waals surface area contributed by atoms with Crippen LogP contribution in [-0.4, -0.2) is 25.5 Å². The van der Waals surface area contributed by atoms with E-state index in [1.165, 1.54) is 16.8 Å². The van der Waals surface area contributed by atoms with Crippen LogP contribution in [0.1, 0.15) is 11.3 Å². The molecule has 2 N–H and O–H groups in total. The number of thioether (sulfide) groups is 1. The smallest absolute Gasteiger partial charge is 0.296 e. The van der Waals surface area contributed by atoms with E-state index in [0.29, 0.717) is 16.9 Å². The normalized spacial score (nSPS) is 15.5. The number of hydrogen-bond acceptors (Lipinski definition) is 5. The molecule has 1 aliphatic rings. The minimum Gasteiger partial charge on any atom is -0.507 e. The van der Waals surface area contributed by atoms with Crippen molar-refractivity contribution in [3.8, 4) is 11.4 Å². The molecule has 0 atom stereocenters. The van der Waals surface area contributed by atoms with Crippen molar-refractivity contribution < 1.29 is 9.90 Å². The van der Waals surface area contributed by atoms with E-state index in [4.69, 9.17) is 5.41 Å². The van der Waals surface area contributed by atoms with Crippen molar-refractivity contribution in [2.75, 3.05) is 4.90 Å². The van der Waals surface area contributed by atoms with Crippen molar-refractivity contribution in [1.82, 2.24) is 9.36 Å². The summed E-state index contributed by atoms with van der Waals surface area (Å²) in [5.74, 6) is -0.421. The Morgan fingerprint density at radius 3 is 2.38 bits per heavy atom. The number of nitrogens with one attached hydrogen (secondary N) is 1. The van der Waals surface area contributed by atoms with Gasteiger partial charge in [-0.15, -0.1) is 0 Å². The summed E-state index contributed by atoms with van der Waals surface area (Å²) in [4.78, 5) is 27.6. The molecule has 2 aromatic carbocycles. The van der Waals surface area contributed by atoms with Crippen LogP contribution in [0.4, 0.5) is 5.69 Å². The van der Waals surface area contributed by atoms with Crippen molar-refractivity contribution in [1.29, 1.82) is 5.41 Å².